The van der Waals surface area contributed by atoms with Crippen LogP contribution < -0.4 is 10.2 Å². The number of ether oxygens (including phenoxy) is 1. The summed E-state index contributed by atoms with van der Waals surface area (Å²) in [7, 11) is 2.13. The predicted molar refractivity (Wildman–Crippen MR) is 92.0 cm³/mol. The van der Waals surface area contributed by atoms with E-state index in [1.807, 2.05) is 25.7 Å². The summed E-state index contributed by atoms with van der Waals surface area (Å²) in [6.45, 7) is 8.94. The van der Waals surface area contributed by atoms with Gasteiger partial charge in [0.25, 0.3) is 0 Å². The third-order valence-electron chi connectivity index (χ3n) is 4.46. The number of likely N-dealkylation sites (N-methyl/N-ethyl adjacent to an activating group) is 1. The SMILES string of the molecule is CN1CCc2cc(C3CN(C(=O)OC(C)(C)C)CCN3)ccc21. The molecule has 5 nitrogen and oxygen atoms in total. The van der Waals surface area contributed by atoms with Crippen molar-refractivity contribution in [1.82, 2.24) is 10.2 Å². The minimum Gasteiger partial charge on any atom is -0.444 e. The van der Waals surface area contributed by atoms with Crippen molar-refractivity contribution < 1.29 is 9.53 Å². The summed E-state index contributed by atoms with van der Waals surface area (Å²) in [4.78, 5) is 16.4. The van der Waals surface area contributed by atoms with E-state index in [0.29, 0.717) is 13.1 Å². The average molecular weight is 317 g/mol. The van der Waals surface area contributed by atoms with Crippen LogP contribution in [0.4, 0.5) is 10.5 Å². The summed E-state index contributed by atoms with van der Waals surface area (Å²) in [5, 5.41) is 3.52. The Morgan fingerprint density at radius 2 is 2.09 bits per heavy atom. The molecular formula is C18H27N3O2. The maximum atomic E-state index is 12.3. The van der Waals surface area contributed by atoms with E-state index < -0.39 is 5.60 Å². The van der Waals surface area contributed by atoms with Gasteiger partial charge in [0.05, 0.1) is 6.04 Å². The summed E-state index contributed by atoms with van der Waals surface area (Å²) >= 11 is 0. The molecule has 1 amide bonds. The topological polar surface area (TPSA) is 44.8 Å². The van der Waals surface area contributed by atoms with Crippen molar-refractivity contribution >= 4 is 11.8 Å². The lowest BCUT2D eigenvalue weighted by Gasteiger charge is -2.35. The van der Waals surface area contributed by atoms with Crippen molar-refractivity contribution in [3.8, 4) is 0 Å². The van der Waals surface area contributed by atoms with Crippen LogP contribution in [0.2, 0.25) is 0 Å². The molecule has 0 saturated carbocycles. The molecule has 0 bridgehead atoms. The monoisotopic (exact) mass is 317 g/mol. The standard InChI is InChI=1S/C18H27N3O2/c1-18(2,3)23-17(22)21-10-8-19-15(12-21)13-5-6-16-14(11-13)7-9-20(16)4/h5-6,11,15,19H,7-10,12H2,1-4H3. The van der Waals surface area contributed by atoms with Crippen molar-refractivity contribution in [3.05, 3.63) is 29.3 Å². The lowest BCUT2D eigenvalue weighted by Crippen LogP contribution is -2.49. The Hall–Kier alpha value is -1.75. The molecule has 1 aromatic carbocycles. The Morgan fingerprint density at radius 1 is 1.30 bits per heavy atom. The van der Waals surface area contributed by atoms with E-state index >= 15 is 0 Å². The van der Waals surface area contributed by atoms with E-state index in [-0.39, 0.29) is 12.1 Å². The first-order valence-corrected chi connectivity index (χ1v) is 8.39. The van der Waals surface area contributed by atoms with Crippen LogP contribution >= 0.6 is 0 Å². The smallest absolute Gasteiger partial charge is 0.410 e. The summed E-state index contributed by atoms with van der Waals surface area (Å²) in [6, 6.07) is 6.84. The highest BCUT2D eigenvalue weighted by Crippen LogP contribution is 2.30. The molecule has 0 spiro atoms. The number of rotatable bonds is 1. The van der Waals surface area contributed by atoms with Gasteiger partial charge in [0.2, 0.25) is 0 Å². The number of amides is 1. The van der Waals surface area contributed by atoms with Crippen LogP contribution in [0.3, 0.4) is 0 Å². The molecule has 1 saturated heterocycles. The van der Waals surface area contributed by atoms with Crippen LogP contribution in [0, 0.1) is 0 Å². The quantitative estimate of drug-likeness (QED) is 0.864. The maximum absolute atomic E-state index is 12.3. The minimum atomic E-state index is -0.449. The van der Waals surface area contributed by atoms with Gasteiger partial charge in [-0.2, -0.15) is 0 Å². The second kappa shape index (κ2) is 6.04. The van der Waals surface area contributed by atoms with Gasteiger partial charge in [0, 0.05) is 38.9 Å². The van der Waals surface area contributed by atoms with E-state index in [9.17, 15) is 4.79 Å². The zero-order valence-corrected chi connectivity index (χ0v) is 14.6. The van der Waals surface area contributed by atoms with E-state index in [0.717, 1.165) is 19.5 Å². The van der Waals surface area contributed by atoms with Gasteiger partial charge < -0.3 is 19.9 Å². The molecule has 5 heteroatoms. The second-order valence-electron chi connectivity index (χ2n) is 7.49. The van der Waals surface area contributed by atoms with E-state index in [2.05, 4.69) is 35.5 Å². The molecule has 1 N–H and O–H groups in total. The van der Waals surface area contributed by atoms with Crippen LogP contribution in [0.1, 0.15) is 37.9 Å². The zero-order valence-electron chi connectivity index (χ0n) is 14.6. The number of nitrogens with one attached hydrogen (secondary N) is 1. The molecule has 0 aliphatic carbocycles. The molecule has 2 aliphatic rings. The molecule has 1 aromatic rings. The molecule has 1 fully saturated rings. The number of nitrogens with zero attached hydrogens (tertiary/aromatic N) is 2. The molecule has 0 radical (unpaired) electrons. The second-order valence-corrected chi connectivity index (χ2v) is 7.49. The largest absolute Gasteiger partial charge is 0.444 e. The zero-order chi connectivity index (χ0) is 16.6. The number of fused-ring (bicyclic) bond motifs is 1. The Labute approximate surface area is 138 Å². The Kier molecular flexibility index (Phi) is 4.23. The fourth-order valence-corrected chi connectivity index (χ4v) is 3.27. The van der Waals surface area contributed by atoms with Crippen molar-refractivity contribution in [2.45, 2.75) is 38.8 Å². The molecule has 1 atom stereocenters. The number of benzene rings is 1. The van der Waals surface area contributed by atoms with E-state index in [1.165, 1.54) is 16.8 Å². The van der Waals surface area contributed by atoms with Crippen molar-refractivity contribution in [2.75, 3.05) is 38.1 Å². The number of anilines is 1. The van der Waals surface area contributed by atoms with Gasteiger partial charge in [0.1, 0.15) is 5.60 Å². The van der Waals surface area contributed by atoms with Crippen LogP contribution in [0.25, 0.3) is 0 Å². The molecule has 2 heterocycles. The summed E-state index contributed by atoms with van der Waals surface area (Å²) in [5.41, 5.74) is 3.54. The lowest BCUT2D eigenvalue weighted by atomic mass is 10.0. The Bertz CT molecular complexity index is 594. The van der Waals surface area contributed by atoms with E-state index in [1.54, 1.807) is 0 Å². The van der Waals surface area contributed by atoms with Crippen molar-refractivity contribution in [1.29, 1.82) is 0 Å². The molecule has 1 unspecified atom stereocenters. The first kappa shape index (κ1) is 16.1. The Morgan fingerprint density at radius 3 is 2.83 bits per heavy atom. The van der Waals surface area contributed by atoms with Crippen molar-refractivity contribution in [2.24, 2.45) is 0 Å². The third-order valence-corrected chi connectivity index (χ3v) is 4.46. The maximum Gasteiger partial charge on any atom is 0.410 e. The number of carbonyl (C=O) groups is 1. The first-order valence-electron chi connectivity index (χ1n) is 8.39. The molecule has 23 heavy (non-hydrogen) atoms. The number of carbonyl (C=O) groups excluding carboxylic acids is 1. The lowest BCUT2D eigenvalue weighted by molar-refractivity contribution is 0.0195. The fourth-order valence-electron chi connectivity index (χ4n) is 3.27. The molecular weight excluding hydrogens is 290 g/mol. The highest BCUT2D eigenvalue weighted by molar-refractivity contribution is 5.68. The summed E-state index contributed by atoms with van der Waals surface area (Å²) in [5.74, 6) is 0. The Balaban J connectivity index is 1.70. The van der Waals surface area contributed by atoms with Gasteiger partial charge in [-0.25, -0.2) is 4.79 Å². The van der Waals surface area contributed by atoms with Gasteiger partial charge in [-0.15, -0.1) is 0 Å². The normalized spacial score (nSPS) is 21.3. The first-order chi connectivity index (χ1) is 10.8. The molecule has 2 aliphatic heterocycles. The van der Waals surface area contributed by atoms with Crippen LogP contribution in [-0.4, -0.2) is 49.8 Å². The number of piperazine rings is 1. The van der Waals surface area contributed by atoms with Gasteiger partial charge in [-0.1, -0.05) is 12.1 Å². The van der Waals surface area contributed by atoms with Gasteiger partial charge in [-0.05, 0) is 44.4 Å². The van der Waals surface area contributed by atoms with E-state index in [4.69, 9.17) is 4.74 Å². The molecule has 0 aromatic heterocycles. The third kappa shape index (κ3) is 3.61. The number of hydrogen-bond donors (Lipinski definition) is 1. The van der Waals surface area contributed by atoms with Gasteiger partial charge >= 0.3 is 6.09 Å². The van der Waals surface area contributed by atoms with Gasteiger partial charge in [0.15, 0.2) is 0 Å². The fraction of sp³-hybridized carbons (Fsp3) is 0.611. The summed E-state index contributed by atoms with van der Waals surface area (Å²) in [6.07, 6.45) is 0.882. The average Bonchev–Trinajstić information content (AvgIpc) is 2.87. The van der Waals surface area contributed by atoms with Gasteiger partial charge in [-0.3, -0.25) is 0 Å². The minimum absolute atomic E-state index is 0.174. The van der Waals surface area contributed by atoms with Crippen LogP contribution in [0.15, 0.2) is 18.2 Å². The molecule has 126 valence electrons. The van der Waals surface area contributed by atoms with Crippen molar-refractivity contribution in [3.63, 3.8) is 0 Å². The highest BCUT2D eigenvalue weighted by atomic mass is 16.6. The predicted octanol–water partition coefficient (Wildman–Crippen LogP) is 2.56. The van der Waals surface area contributed by atoms with Crippen LogP contribution in [0.5, 0.6) is 0 Å². The highest BCUT2D eigenvalue weighted by Gasteiger charge is 2.28. The summed E-state index contributed by atoms with van der Waals surface area (Å²) < 4.78 is 5.50. The van der Waals surface area contributed by atoms with Crippen LogP contribution in [-0.2, 0) is 11.2 Å². The number of hydrogen-bond acceptors (Lipinski definition) is 4. The molecule has 3 rings (SSSR count).